The van der Waals surface area contributed by atoms with Gasteiger partial charge in [0.05, 0.1) is 22.3 Å². The topological polar surface area (TPSA) is 81.4 Å². The van der Waals surface area contributed by atoms with Crippen molar-refractivity contribution in [1.82, 2.24) is 4.90 Å². The van der Waals surface area contributed by atoms with Gasteiger partial charge in [0.2, 0.25) is 0 Å². The van der Waals surface area contributed by atoms with Gasteiger partial charge in [0.15, 0.2) is 9.84 Å². The van der Waals surface area contributed by atoms with Gasteiger partial charge in [0, 0.05) is 19.7 Å². The largest absolute Gasteiger partial charge is 0.396 e. The van der Waals surface area contributed by atoms with Crippen LogP contribution in [-0.2, 0) is 9.84 Å². The summed E-state index contributed by atoms with van der Waals surface area (Å²) in [6.07, 6.45) is 0.924. The highest BCUT2D eigenvalue weighted by Crippen LogP contribution is 2.17. The van der Waals surface area contributed by atoms with E-state index in [4.69, 9.17) is 10.4 Å². The maximum atomic E-state index is 12.2. The van der Waals surface area contributed by atoms with Crippen LogP contribution in [0.15, 0.2) is 29.2 Å². The van der Waals surface area contributed by atoms with Gasteiger partial charge in [0.25, 0.3) is 0 Å². The number of sulfone groups is 1. The second kappa shape index (κ2) is 6.35. The Hall–Kier alpha value is -1.42. The van der Waals surface area contributed by atoms with Crippen LogP contribution < -0.4 is 0 Å². The Kier molecular flexibility index (Phi) is 4.76. The molecule has 0 radical (unpaired) electrons. The molecule has 0 amide bonds. The molecule has 1 aromatic rings. The minimum atomic E-state index is -3.31. The van der Waals surface area contributed by atoms with Gasteiger partial charge in [0.1, 0.15) is 0 Å². The summed E-state index contributed by atoms with van der Waals surface area (Å²) in [4.78, 5) is 2.33. The molecule has 1 aromatic carbocycles. The van der Waals surface area contributed by atoms with Gasteiger partial charge < -0.3 is 10.0 Å². The normalized spacial score (nSPS) is 19.9. The van der Waals surface area contributed by atoms with Gasteiger partial charge in [-0.3, -0.25) is 0 Å². The molecule has 108 valence electrons. The van der Waals surface area contributed by atoms with Crippen molar-refractivity contribution in [3.63, 3.8) is 0 Å². The van der Waals surface area contributed by atoms with Crippen LogP contribution in [0, 0.1) is 17.2 Å². The van der Waals surface area contributed by atoms with Crippen molar-refractivity contribution in [1.29, 1.82) is 5.26 Å². The Morgan fingerprint density at radius 3 is 2.60 bits per heavy atom. The number of aliphatic hydroxyl groups is 1. The molecule has 0 spiro atoms. The first-order valence-electron chi connectivity index (χ1n) is 6.61. The quantitative estimate of drug-likeness (QED) is 0.862. The van der Waals surface area contributed by atoms with E-state index in [1.54, 1.807) is 0 Å². The Balaban J connectivity index is 1.95. The number of benzene rings is 1. The van der Waals surface area contributed by atoms with Gasteiger partial charge in [-0.1, -0.05) is 0 Å². The standard InChI is InChI=1S/C14H18N2O3S/c15-9-12-1-3-14(4-2-12)20(18,19)8-7-16-6-5-13(10-16)11-17/h1-4,13,17H,5-8,10-11H2. The van der Waals surface area contributed by atoms with Gasteiger partial charge in [-0.15, -0.1) is 0 Å². The molecule has 0 bridgehead atoms. The van der Waals surface area contributed by atoms with E-state index in [1.807, 2.05) is 6.07 Å². The molecule has 1 aliphatic heterocycles. The summed E-state index contributed by atoms with van der Waals surface area (Å²) < 4.78 is 24.4. The number of nitriles is 1. The van der Waals surface area contributed by atoms with Gasteiger partial charge >= 0.3 is 0 Å². The summed E-state index contributed by atoms with van der Waals surface area (Å²) in [6.45, 7) is 2.26. The van der Waals surface area contributed by atoms with Gasteiger partial charge in [-0.2, -0.15) is 5.26 Å². The lowest BCUT2D eigenvalue weighted by molar-refractivity contribution is 0.224. The Morgan fingerprint density at radius 2 is 2.05 bits per heavy atom. The van der Waals surface area contributed by atoms with E-state index in [2.05, 4.69) is 4.90 Å². The lowest BCUT2D eigenvalue weighted by atomic mass is 10.1. The van der Waals surface area contributed by atoms with Crippen LogP contribution >= 0.6 is 0 Å². The van der Waals surface area contributed by atoms with Gasteiger partial charge in [-0.25, -0.2) is 8.42 Å². The van der Waals surface area contributed by atoms with E-state index in [9.17, 15) is 8.42 Å². The monoisotopic (exact) mass is 294 g/mol. The fourth-order valence-electron chi connectivity index (χ4n) is 2.37. The first-order valence-corrected chi connectivity index (χ1v) is 8.26. The molecule has 1 N–H and O–H groups in total. The van der Waals surface area contributed by atoms with Crippen LogP contribution in [0.1, 0.15) is 12.0 Å². The zero-order valence-corrected chi connectivity index (χ0v) is 12.0. The molecule has 1 fully saturated rings. The van der Waals surface area contributed by atoms with Crippen molar-refractivity contribution >= 4 is 9.84 Å². The number of hydrogen-bond acceptors (Lipinski definition) is 5. The molecule has 1 heterocycles. The van der Waals surface area contributed by atoms with Crippen molar-refractivity contribution in [2.75, 3.05) is 32.0 Å². The zero-order valence-electron chi connectivity index (χ0n) is 11.2. The molecule has 20 heavy (non-hydrogen) atoms. The molecular weight excluding hydrogens is 276 g/mol. The van der Waals surface area contributed by atoms with E-state index in [-0.39, 0.29) is 23.2 Å². The Bertz CT molecular complexity index is 590. The van der Waals surface area contributed by atoms with Crippen LogP contribution in [0.4, 0.5) is 0 Å². The number of hydrogen-bond donors (Lipinski definition) is 1. The van der Waals surface area contributed by atoms with E-state index in [1.165, 1.54) is 24.3 Å². The molecule has 1 unspecified atom stereocenters. The minimum absolute atomic E-state index is 0.0665. The maximum Gasteiger partial charge on any atom is 0.179 e. The lowest BCUT2D eigenvalue weighted by Gasteiger charge is -2.15. The second-order valence-corrected chi connectivity index (χ2v) is 7.20. The van der Waals surface area contributed by atoms with Crippen molar-refractivity contribution < 1.29 is 13.5 Å². The second-order valence-electron chi connectivity index (χ2n) is 5.09. The van der Waals surface area contributed by atoms with Crippen LogP contribution in [-0.4, -0.2) is 50.4 Å². The van der Waals surface area contributed by atoms with E-state index >= 15 is 0 Å². The molecule has 1 saturated heterocycles. The third-order valence-corrected chi connectivity index (χ3v) is 5.36. The van der Waals surface area contributed by atoms with Crippen molar-refractivity contribution in [3.8, 4) is 6.07 Å². The molecule has 1 atom stereocenters. The average Bonchev–Trinajstić information content (AvgIpc) is 2.93. The molecule has 2 rings (SSSR count). The summed E-state index contributed by atoms with van der Waals surface area (Å²) in [5.41, 5.74) is 0.453. The first-order chi connectivity index (χ1) is 9.55. The SMILES string of the molecule is N#Cc1ccc(S(=O)(=O)CCN2CCC(CO)C2)cc1. The highest BCUT2D eigenvalue weighted by atomic mass is 32.2. The van der Waals surface area contributed by atoms with E-state index in [0.29, 0.717) is 12.1 Å². The fourth-order valence-corrected chi connectivity index (χ4v) is 3.65. The number of rotatable bonds is 5. The molecule has 6 heteroatoms. The summed E-state index contributed by atoms with van der Waals surface area (Å²) in [5.74, 6) is 0.337. The lowest BCUT2D eigenvalue weighted by Crippen LogP contribution is -2.28. The molecular formula is C14H18N2O3S. The van der Waals surface area contributed by atoms with E-state index < -0.39 is 9.84 Å². The highest BCUT2D eigenvalue weighted by molar-refractivity contribution is 7.91. The Labute approximate surface area is 119 Å². The molecule has 0 saturated carbocycles. The van der Waals surface area contributed by atoms with Crippen molar-refractivity contribution in [3.05, 3.63) is 29.8 Å². The number of nitrogens with zero attached hydrogens (tertiary/aromatic N) is 2. The predicted octanol–water partition coefficient (Wildman–Crippen LogP) is 0.646. The van der Waals surface area contributed by atoms with Crippen LogP contribution in [0.5, 0.6) is 0 Å². The average molecular weight is 294 g/mol. The molecule has 1 aliphatic rings. The number of likely N-dealkylation sites (tertiary alicyclic amines) is 1. The third-order valence-electron chi connectivity index (χ3n) is 3.65. The minimum Gasteiger partial charge on any atom is -0.396 e. The van der Waals surface area contributed by atoms with Crippen LogP contribution in [0.25, 0.3) is 0 Å². The summed E-state index contributed by atoms with van der Waals surface area (Å²) in [6, 6.07) is 7.96. The first kappa shape index (κ1) is 15.0. The summed E-state index contributed by atoms with van der Waals surface area (Å²) in [7, 11) is -3.31. The smallest absolute Gasteiger partial charge is 0.179 e. The summed E-state index contributed by atoms with van der Waals surface area (Å²) >= 11 is 0. The fraction of sp³-hybridized carbons (Fsp3) is 0.500. The number of aliphatic hydroxyl groups excluding tert-OH is 1. The molecule has 0 aromatic heterocycles. The van der Waals surface area contributed by atoms with Crippen molar-refractivity contribution in [2.45, 2.75) is 11.3 Å². The van der Waals surface area contributed by atoms with Crippen LogP contribution in [0.3, 0.4) is 0 Å². The highest BCUT2D eigenvalue weighted by Gasteiger charge is 2.23. The third kappa shape index (κ3) is 3.57. The van der Waals surface area contributed by atoms with Crippen LogP contribution in [0.2, 0.25) is 0 Å². The molecule has 5 nitrogen and oxygen atoms in total. The zero-order chi connectivity index (χ0) is 14.6. The van der Waals surface area contributed by atoms with E-state index in [0.717, 1.165) is 19.5 Å². The Morgan fingerprint density at radius 1 is 1.35 bits per heavy atom. The van der Waals surface area contributed by atoms with Crippen molar-refractivity contribution in [2.24, 2.45) is 5.92 Å². The molecule has 0 aliphatic carbocycles. The summed E-state index contributed by atoms with van der Waals surface area (Å²) in [5, 5.41) is 17.8. The maximum absolute atomic E-state index is 12.2. The van der Waals surface area contributed by atoms with Gasteiger partial charge in [-0.05, 0) is 43.1 Å². The predicted molar refractivity (Wildman–Crippen MR) is 74.8 cm³/mol.